The predicted molar refractivity (Wildman–Crippen MR) is 45.0 cm³/mol. The molecule has 0 atom stereocenters. The van der Waals surface area contributed by atoms with Crippen molar-refractivity contribution >= 4 is 5.91 Å². The number of rotatable bonds is 4. The second kappa shape index (κ2) is 5.75. The van der Waals surface area contributed by atoms with E-state index in [0.29, 0.717) is 6.54 Å². The maximum Gasteiger partial charge on any atom is 0.297 e. The number of terminal acetylenes is 1. The molecule has 0 rings (SSSR count). The minimum Gasteiger partial charge on any atom is -0.335 e. The van der Waals surface area contributed by atoms with E-state index in [1.807, 2.05) is 7.05 Å². The van der Waals surface area contributed by atoms with Gasteiger partial charge in [0.05, 0.1) is 0 Å². The lowest BCUT2D eigenvalue weighted by atomic mass is 10.4. The first-order valence-electron chi connectivity index (χ1n) is 3.58. The molecule has 0 radical (unpaired) electrons. The molecule has 11 heavy (non-hydrogen) atoms. The highest BCUT2D eigenvalue weighted by atomic mass is 16.2. The fourth-order valence-corrected chi connectivity index (χ4v) is 0.705. The van der Waals surface area contributed by atoms with Crippen LogP contribution in [0.1, 0.15) is 6.42 Å². The molecule has 0 aromatic carbocycles. The van der Waals surface area contributed by atoms with E-state index in [-0.39, 0.29) is 5.91 Å². The van der Waals surface area contributed by atoms with Gasteiger partial charge in [-0.05, 0) is 25.9 Å². The van der Waals surface area contributed by atoms with Crippen LogP contribution < -0.4 is 5.32 Å². The second-order valence-corrected chi connectivity index (χ2v) is 2.33. The number of carbonyl (C=O) groups is 1. The summed E-state index contributed by atoms with van der Waals surface area (Å²) in [5, 5.41) is 2.99. The molecule has 0 spiro atoms. The van der Waals surface area contributed by atoms with Crippen molar-refractivity contribution in [2.75, 3.05) is 27.2 Å². The van der Waals surface area contributed by atoms with Crippen LogP contribution in [-0.4, -0.2) is 38.0 Å². The summed E-state index contributed by atoms with van der Waals surface area (Å²) in [5.74, 6) is 1.81. The van der Waals surface area contributed by atoms with Gasteiger partial charge >= 0.3 is 0 Å². The van der Waals surface area contributed by atoms with Gasteiger partial charge < -0.3 is 10.2 Å². The smallest absolute Gasteiger partial charge is 0.297 e. The van der Waals surface area contributed by atoms with Crippen molar-refractivity contribution in [1.29, 1.82) is 0 Å². The highest BCUT2D eigenvalue weighted by Gasteiger charge is 2.02. The second-order valence-electron chi connectivity index (χ2n) is 2.33. The first kappa shape index (κ1) is 9.99. The summed E-state index contributed by atoms with van der Waals surface area (Å²) in [7, 11) is 3.58. The Hall–Kier alpha value is -1.01. The molecule has 62 valence electrons. The Morgan fingerprint density at radius 3 is 2.82 bits per heavy atom. The van der Waals surface area contributed by atoms with Crippen LogP contribution in [0.25, 0.3) is 0 Å². The van der Waals surface area contributed by atoms with Crippen LogP contribution in [0.15, 0.2) is 0 Å². The molecular weight excluding hydrogens is 140 g/mol. The SMILES string of the molecule is C#CC(=O)N(C)CCCNC. The minimum atomic E-state index is -0.249. The van der Waals surface area contributed by atoms with Crippen molar-refractivity contribution in [3.8, 4) is 12.3 Å². The topological polar surface area (TPSA) is 32.3 Å². The quantitative estimate of drug-likeness (QED) is 0.445. The van der Waals surface area contributed by atoms with Crippen molar-refractivity contribution in [2.24, 2.45) is 0 Å². The number of amides is 1. The standard InChI is InChI=1S/C8H14N2O/c1-4-8(11)10(3)7-5-6-9-2/h1,9H,5-7H2,2-3H3. The molecule has 0 fully saturated rings. The lowest BCUT2D eigenvalue weighted by Gasteiger charge is -2.12. The molecule has 0 aromatic heterocycles. The lowest BCUT2D eigenvalue weighted by Crippen LogP contribution is -2.27. The monoisotopic (exact) mass is 154 g/mol. The zero-order valence-electron chi connectivity index (χ0n) is 7.05. The Morgan fingerprint density at radius 2 is 2.36 bits per heavy atom. The van der Waals surface area contributed by atoms with E-state index in [2.05, 4.69) is 11.2 Å². The fraction of sp³-hybridized carbons (Fsp3) is 0.625. The molecule has 0 saturated carbocycles. The predicted octanol–water partition coefficient (Wildman–Crippen LogP) is -0.312. The van der Waals surface area contributed by atoms with Gasteiger partial charge in [0.1, 0.15) is 0 Å². The number of carbonyl (C=O) groups excluding carboxylic acids is 1. The zero-order valence-corrected chi connectivity index (χ0v) is 7.05. The molecule has 0 saturated heterocycles. The Labute approximate surface area is 67.8 Å². The number of nitrogens with zero attached hydrogens (tertiary/aromatic N) is 1. The maximum atomic E-state index is 10.8. The molecule has 1 N–H and O–H groups in total. The van der Waals surface area contributed by atoms with Crippen molar-refractivity contribution < 1.29 is 4.79 Å². The molecule has 0 heterocycles. The van der Waals surface area contributed by atoms with Gasteiger partial charge in [0.15, 0.2) is 0 Å². The Morgan fingerprint density at radius 1 is 1.73 bits per heavy atom. The van der Waals surface area contributed by atoms with Crippen LogP contribution in [0.5, 0.6) is 0 Å². The first-order valence-corrected chi connectivity index (χ1v) is 3.58. The lowest BCUT2D eigenvalue weighted by molar-refractivity contribution is -0.123. The Bertz CT molecular complexity index is 160. The van der Waals surface area contributed by atoms with Crippen LogP contribution in [0, 0.1) is 12.3 Å². The van der Waals surface area contributed by atoms with E-state index in [0.717, 1.165) is 13.0 Å². The first-order chi connectivity index (χ1) is 5.22. The van der Waals surface area contributed by atoms with Crippen LogP contribution in [0.4, 0.5) is 0 Å². The Balaban J connectivity index is 3.46. The molecule has 0 aromatic rings. The van der Waals surface area contributed by atoms with Crippen LogP contribution in [-0.2, 0) is 4.79 Å². The van der Waals surface area contributed by atoms with Gasteiger partial charge in [0.25, 0.3) is 5.91 Å². The summed E-state index contributed by atoms with van der Waals surface area (Å²) in [6.45, 7) is 1.62. The largest absolute Gasteiger partial charge is 0.335 e. The highest BCUT2D eigenvalue weighted by Crippen LogP contribution is 1.85. The molecule has 3 nitrogen and oxygen atoms in total. The summed E-state index contributed by atoms with van der Waals surface area (Å²) < 4.78 is 0. The van der Waals surface area contributed by atoms with Gasteiger partial charge in [-0.25, -0.2) is 0 Å². The summed E-state index contributed by atoms with van der Waals surface area (Å²) in [5.41, 5.74) is 0. The van der Waals surface area contributed by atoms with Crippen molar-refractivity contribution in [1.82, 2.24) is 10.2 Å². The number of nitrogens with one attached hydrogen (secondary N) is 1. The number of hydrogen-bond acceptors (Lipinski definition) is 2. The van der Waals surface area contributed by atoms with Crippen molar-refractivity contribution in [2.45, 2.75) is 6.42 Å². The van der Waals surface area contributed by atoms with Gasteiger partial charge in [-0.1, -0.05) is 0 Å². The van der Waals surface area contributed by atoms with E-state index in [4.69, 9.17) is 6.42 Å². The molecule has 0 bridgehead atoms. The Kier molecular flexibility index (Phi) is 5.22. The van der Waals surface area contributed by atoms with E-state index in [1.54, 1.807) is 7.05 Å². The summed E-state index contributed by atoms with van der Waals surface area (Å²) in [4.78, 5) is 12.3. The van der Waals surface area contributed by atoms with Crippen LogP contribution in [0.2, 0.25) is 0 Å². The van der Waals surface area contributed by atoms with E-state index >= 15 is 0 Å². The van der Waals surface area contributed by atoms with Crippen molar-refractivity contribution in [3.05, 3.63) is 0 Å². The van der Waals surface area contributed by atoms with E-state index in [9.17, 15) is 4.79 Å². The fourth-order valence-electron chi connectivity index (χ4n) is 0.705. The third-order valence-corrected chi connectivity index (χ3v) is 1.39. The number of hydrogen-bond donors (Lipinski definition) is 1. The minimum absolute atomic E-state index is 0.249. The molecule has 3 heteroatoms. The summed E-state index contributed by atoms with van der Waals surface area (Å²) in [6, 6.07) is 0. The molecule has 0 aliphatic carbocycles. The maximum absolute atomic E-state index is 10.8. The molecular formula is C8H14N2O. The summed E-state index contributed by atoms with van der Waals surface area (Å²) >= 11 is 0. The zero-order chi connectivity index (χ0) is 8.69. The molecule has 0 aliphatic rings. The molecule has 0 aliphatic heterocycles. The van der Waals surface area contributed by atoms with Gasteiger partial charge in [-0.2, -0.15) is 0 Å². The van der Waals surface area contributed by atoms with Crippen LogP contribution in [0.3, 0.4) is 0 Å². The van der Waals surface area contributed by atoms with E-state index in [1.165, 1.54) is 4.90 Å². The van der Waals surface area contributed by atoms with Crippen molar-refractivity contribution in [3.63, 3.8) is 0 Å². The normalized spacial score (nSPS) is 8.82. The molecule has 1 amide bonds. The van der Waals surface area contributed by atoms with Gasteiger partial charge in [0, 0.05) is 13.6 Å². The van der Waals surface area contributed by atoms with E-state index < -0.39 is 0 Å². The third-order valence-electron chi connectivity index (χ3n) is 1.39. The summed E-state index contributed by atoms with van der Waals surface area (Å²) in [6.07, 6.45) is 5.85. The average molecular weight is 154 g/mol. The van der Waals surface area contributed by atoms with Gasteiger partial charge in [-0.15, -0.1) is 6.42 Å². The van der Waals surface area contributed by atoms with Gasteiger partial charge in [-0.3, -0.25) is 4.79 Å². The van der Waals surface area contributed by atoms with Crippen LogP contribution >= 0.6 is 0 Å². The third kappa shape index (κ3) is 4.40. The molecule has 0 unspecified atom stereocenters. The highest BCUT2D eigenvalue weighted by molar-refractivity contribution is 5.92. The van der Waals surface area contributed by atoms with Gasteiger partial charge in [0.2, 0.25) is 0 Å². The average Bonchev–Trinajstić information content (AvgIpc) is 2.03.